The number of halogens is 1. The monoisotopic (exact) mass is 236 g/mol. The first-order valence-electron chi connectivity index (χ1n) is 5.05. The fourth-order valence-electron chi connectivity index (χ4n) is 1.20. The number of hydrogen-bond acceptors (Lipinski definition) is 3. The first-order chi connectivity index (χ1) is 8.17. The summed E-state index contributed by atoms with van der Waals surface area (Å²) in [6.45, 7) is 1.82. The molecule has 0 aliphatic rings. The molecule has 0 radical (unpaired) electrons. The van der Waals surface area contributed by atoms with Crippen LogP contribution in [-0.4, -0.2) is 19.7 Å². The van der Waals surface area contributed by atoms with E-state index in [0.29, 0.717) is 5.56 Å². The van der Waals surface area contributed by atoms with Crippen molar-refractivity contribution in [3.63, 3.8) is 0 Å². The Morgan fingerprint density at radius 3 is 2.82 bits per heavy atom. The summed E-state index contributed by atoms with van der Waals surface area (Å²) in [6, 6.07) is 4.35. The van der Waals surface area contributed by atoms with E-state index in [9.17, 15) is 9.18 Å². The van der Waals surface area contributed by atoms with Crippen LogP contribution in [0.25, 0.3) is 0 Å². The predicted molar refractivity (Wildman–Crippen MR) is 61.1 cm³/mol. The summed E-state index contributed by atoms with van der Waals surface area (Å²) < 4.78 is 23.1. The molecule has 0 spiro atoms. The largest absolute Gasteiger partial charge is 0.478 e. The Kier molecular flexibility index (Phi) is 5.02. The Labute approximate surface area is 99.5 Å². The first kappa shape index (κ1) is 13.0. The average Bonchev–Trinajstić information content (AvgIpc) is 2.32. The van der Waals surface area contributed by atoms with E-state index in [1.807, 2.05) is 0 Å². The van der Waals surface area contributed by atoms with Gasteiger partial charge in [0.2, 0.25) is 0 Å². The van der Waals surface area contributed by atoms with Gasteiger partial charge in [-0.15, -0.1) is 5.92 Å². The molecule has 0 aliphatic heterocycles. The van der Waals surface area contributed by atoms with Gasteiger partial charge in [-0.05, 0) is 24.6 Å². The van der Waals surface area contributed by atoms with Gasteiger partial charge in [0.25, 0.3) is 0 Å². The highest BCUT2D eigenvalue weighted by molar-refractivity contribution is 5.72. The first-order valence-corrected chi connectivity index (χ1v) is 5.05. The van der Waals surface area contributed by atoms with E-state index >= 15 is 0 Å². The number of rotatable bonds is 4. The molecule has 0 atom stereocenters. The number of esters is 1. The Morgan fingerprint density at radius 1 is 1.47 bits per heavy atom. The molecule has 0 fully saturated rings. The molecule has 0 saturated heterocycles. The highest BCUT2D eigenvalue weighted by Crippen LogP contribution is 2.18. The van der Waals surface area contributed by atoms with Crippen LogP contribution >= 0.6 is 0 Å². The van der Waals surface area contributed by atoms with Crippen molar-refractivity contribution >= 4 is 5.97 Å². The van der Waals surface area contributed by atoms with Gasteiger partial charge in [0.15, 0.2) is 11.6 Å². The summed E-state index contributed by atoms with van der Waals surface area (Å²) in [6.07, 6.45) is 0.0441. The van der Waals surface area contributed by atoms with Crippen molar-refractivity contribution in [3.8, 4) is 17.6 Å². The standard InChI is InChI=1S/C13H13FO3/c1-3-4-7-17-12-6-5-10(8-11(12)14)9-13(15)16-2/h5-6,8H,7,9H2,1-2H3. The zero-order chi connectivity index (χ0) is 12.7. The van der Waals surface area contributed by atoms with Gasteiger partial charge in [-0.2, -0.15) is 0 Å². The zero-order valence-corrected chi connectivity index (χ0v) is 9.75. The van der Waals surface area contributed by atoms with E-state index in [-0.39, 0.29) is 18.8 Å². The second-order valence-electron chi connectivity index (χ2n) is 3.23. The van der Waals surface area contributed by atoms with Crippen LogP contribution in [0.5, 0.6) is 5.75 Å². The summed E-state index contributed by atoms with van der Waals surface area (Å²) in [5, 5.41) is 0. The van der Waals surface area contributed by atoms with Crippen molar-refractivity contribution in [1.82, 2.24) is 0 Å². The van der Waals surface area contributed by atoms with Gasteiger partial charge >= 0.3 is 5.97 Å². The SMILES string of the molecule is CC#CCOc1ccc(CC(=O)OC)cc1F. The highest BCUT2D eigenvalue weighted by atomic mass is 19.1. The number of hydrogen-bond donors (Lipinski definition) is 0. The van der Waals surface area contributed by atoms with Crippen LogP contribution in [0.4, 0.5) is 4.39 Å². The minimum absolute atomic E-state index is 0.0441. The number of carbonyl (C=O) groups is 1. The van der Waals surface area contributed by atoms with Gasteiger partial charge < -0.3 is 9.47 Å². The third-order valence-corrected chi connectivity index (χ3v) is 2.05. The molecule has 4 heteroatoms. The normalized spacial score (nSPS) is 9.12. The van der Waals surface area contributed by atoms with E-state index < -0.39 is 11.8 Å². The van der Waals surface area contributed by atoms with Gasteiger partial charge in [0.1, 0.15) is 6.61 Å². The van der Waals surface area contributed by atoms with Crippen molar-refractivity contribution in [2.45, 2.75) is 13.3 Å². The quantitative estimate of drug-likeness (QED) is 0.592. The molecule has 0 N–H and O–H groups in total. The van der Waals surface area contributed by atoms with Crippen LogP contribution in [0.3, 0.4) is 0 Å². The molecule has 0 amide bonds. The van der Waals surface area contributed by atoms with E-state index in [0.717, 1.165) is 0 Å². The number of carbonyl (C=O) groups excluding carboxylic acids is 1. The van der Waals surface area contributed by atoms with Crippen molar-refractivity contribution < 1.29 is 18.7 Å². The lowest BCUT2D eigenvalue weighted by molar-refractivity contribution is -0.139. The summed E-state index contributed by atoms with van der Waals surface area (Å²) in [7, 11) is 1.29. The summed E-state index contributed by atoms with van der Waals surface area (Å²) in [5.41, 5.74) is 0.545. The number of ether oxygens (including phenoxy) is 2. The molecule has 0 saturated carbocycles. The lowest BCUT2D eigenvalue weighted by Crippen LogP contribution is -2.05. The lowest BCUT2D eigenvalue weighted by Gasteiger charge is -2.05. The molecule has 0 unspecified atom stereocenters. The molecule has 0 heterocycles. The third kappa shape index (κ3) is 4.15. The van der Waals surface area contributed by atoms with Crippen LogP contribution in [-0.2, 0) is 16.0 Å². The maximum absolute atomic E-state index is 13.5. The molecular weight excluding hydrogens is 223 g/mol. The van der Waals surface area contributed by atoms with Gasteiger partial charge in [-0.1, -0.05) is 12.0 Å². The van der Waals surface area contributed by atoms with Crippen molar-refractivity contribution in [1.29, 1.82) is 0 Å². The molecule has 3 nitrogen and oxygen atoms in total. The molecule has 1 aromatic rings. The molecule has 0 bridgehead atoms. The Bertz CT molecular complexity index is 457. The van der Waals surface area contributed by atoms with Crippen molar-refractivity contribution in [3.05, 3.63) is 29.6 Å². The smallest absolute Gasteiger partial charge is 0.309 e. The maximum Gasteiger partial charge on any atom is 0.309 e. The second-order valence-corrected chi connectivity index (χ2v) is 3.23. The van der Waals surface area contributed by atoms with E-state index in [1.165, 1.54) is 19.2 Å². The predicted octanol–water partition coefficient (Wildman–Crippen LogP) is 1.94. The molecule has 1 rings (SSSR count). The average molecular weight is 236 g/mol. The van der Waals surface area contributed by atoms with E-state index in [2.05, 4.69) is 16.6 Å². The zero-order valence-electron chi connectivity index (χ0n) is 9.75. The van der Waals surface area contributed by atoms with Gasteiger partial charge in [0.05, 0.1) is 13.5 Å². The summed E-state index contributed by atoms with van der Waals surface area (Å²) in [5.74, 6) is 4.52. The van der Waals surface area contributed by atoms with Gasteiger partial charge in [-0.3, -0.25) is 4.79 Å². The highest BCUT2D eigenvalue weighted by Gasteiger charge is 2.07. The van der Waals surface area contributed by atoms with Gasteiger partial charge in [-0.25, -0.2) is 4.39 Å². The number of benzene rings is 1. The van der Waals surface area contributed by atoms with Gasteiger partial charge in [0, 0.05) is 0 Å². The van der Waals surface area contributed by atoms with Crippen LogP contribution in [0.15, 0.2) is 18.2 Å². The third-order valence-electron chi connectivity index (χ3n) is 2.05. The Hall–Kier alpha value is -2.02. The van der Waals surface area contributed by atoms with Crippen molar-refractivity contribution in [2.24, 2.45) is 0 Å². The molecule has 0 aromatic heterocycles. The maximum atomic E-state index is 13.5. The van der Waals surface area contributed by atoms with Crippen LogP contribution < -0.4 is 4.74 Å². The van der Waals surface area contributed by atoms with Crippen LogP contribution in [0.1, 0.15) is 12.5 Å². The molecular formula is C13H13FO3. The fraction of sp³-hybridized carbons (Fsp3) is 0.308. The van der Waals surface area contributed by atoms with Crippen molar-refractivity contribution in [2.75, 3.05) is 13.7 Å². The summed E-state index contributed by atoms with van der Waals surface area (Å²) >= 11 is 0. The molecule has 1 aromatic carbocycles. The Balaban J connectivity index is 2.70. The van der Waals surface area contributed by atoms with Crippen LogP contribution in [0.2, 0.25) is 0 Å². The second kappa shape index (κ2) is 6.54. The molecule has 90 valence electrons. The fourth-order valence-corrected chi connectivity index (χ4v) is 1.20. The Morgan fingerprint density at radius 2 is 2.24 bits per heavy atom. The topological polar surface area (TPSA) is 35.5 Å². The van der Waals surface area contributed by atoms with E-state index in [4.69, 9.17) is 4.74 Å². The summed E-state index contributed by atoms with van der Waals surface area (Å²) in [4.78, 5) is 11.0. The molecule has 0 aliphatic carbocycles. The van der Waals surface area contributed by atoms with E-state index in [1.54, 1.807) is 13.0 Å². The molecule has 17 heavy (non-hydrogen) atoms. The lowest BCUT2D eigenvalue weighted by atomic mass is 10.1. The van der Waals surface area contributed by atoms with Crippen LogP contribution in [0, 0.1) is 17.7 Å². The number of methoxy groups -OCH3 is 1. The minimum atomic E-state index is -0.510. The minimum Gasteiger partial charge on any atom is -0.478 e.